The summed E-state index contributed by atoms with van der Waals surface area (Å²) in [5.41, 5.74) is 3.33. The van der Waals surface area contributed by atoms with E-state index in [9.17, 15) is 0 Å². The van der Waals surface area contributed by atoms with E-state index in [1.807, 2.05) is 49.6 Å². The van der Waals surface area contributed by atoms with Crippen LogP contribution in [0.1, 0.15) is 18.1 Å². The molecular weight excluding hydrogens is 354 g/mol. The number of imidazole rings is 1. The van der Waals surface area contributed by atoms with Crippen LogP contribution in [0, 0.1) is 0 Å². The number of rotatable bonds is 5. The Morgan fingerprint density at radius 3 is 3.07 bits per heavy atom. The van der Waals surface area contributed by atoms with Crippen LogP contribution in [0.3, 0.4) is 0 Å². The highest BCUT2D eigenvalue weighted by Crippen LogP contribution is 2.21. The molecule has 1 fully saturated rings. The molecule has 1 N–H and O–H groups in total. The van der Waals surface area contributed by atoms with Crippen molar-refractivity contribution < 1.29 is 4.74 Å². The summed E-state index contributed by atoms with van der Waals surface area (Å²) >= 11 is 0. The van der Waals surface area contributed by atoms with E-state index >= 15 is 0 Å². The maximum Gasteiger partial charge on any atom is 0.193 e. The molecule has 1 aliphatic heterocycles. The lowest BCUT2D eigenvalue weighted by Crippen LogP contribution is -2.48. The number of aliphatic imine (C=N–C) groups is 1. The normalized spacial score (nSPS) is 18.0. The quantitative estimate of drug-likeness (QED) is 0.415. The Morgan fingerprint density at radius 1 is 1.36 bits per heavy atom. The van der Waals surface area contributed by atoms with Gasteiger partial charge < -0.3 is 19.5 Å². The highest BCUT2D eigenvalue weighted by Gasteiger charge is 2.24. The van der Waals surface area contributed by atoms with Crippen molar-refractivity contribution in [1.82, 2.24) is 29.5 Å². The van der Waals surface area contributed by atoms with Gasteiger partial charge in [-0.25, -0.2) is 4.98 Å². The number of aromatic nitrogens is 4. The summed E-state index contributed by atoms with van der Waals surface area (Å²) in [5, 5.41) is 7.75. The van der Waals surface area contributed by atoms with E-state index in [1.165, 1.54) is 5.52 Å². The number of para-hydroxylation sites is 2. The Balaban J connectivity index is 1.29. The molecule has 0 radical (unpaired) electrons. The van der Waals surface area contributed by atoms with Crippen molar-refractivity contribution in [3.63, 3.8) is 0 Å². The topological polar surface area (TPSA) is 72.5 Å². The Kier molecular flexibility index (Phi) is 5.57. The number of morpholine rings is 1. The van der Waals surface area contributed by atoms with Gasteiger partial charge in [0.25, 0.3) is 0 Å². The Bertz CT molecular complexity index is 945. The minimum atomic E-state index is 0.0262. The van der Waals surface area contributed by atoms with Crippen LogP contribution in [0.15, 0.2) is 48.0 Å². The molecule has 1 aliphatic rings. The minimum absolute atomic E-state index is 0.0262. The van der Waals surface area contributed by atoms with E-state index in [1.54, 1.807) is 0 Å². The molecule has 0 aliphatic carbocycles. The zero-order valence-electron chi connectivity index (χ0n) is 16.5. The number of benzene rings is 1. The molecule has 0 spiro atoms. The largest absolute Gasteiger partial charge is 0.370 e. The summed E-state index contributed by atoms with van der Waals surface area (Å²) in [6, 6.07) is 8.23. The molecule has 0 amide bonds. The summed E-state index contributed by atoms with van der Waals surface area (Å²) in [6.07, 6.45) is 6.83. The summed E-state index contributed by atoms with van der Waals surface area (Å²) in [4.78, 5) is 11.2. The molecule has 148 valence electrons. The number of nitrogens with zero attached hydrogens (tertiary/aromatic N) is 6. The minimum Gasteiger partial charge on any atom is -0.370 e. The first-order valence-electron chi connectivity index (χ1n) is 9.70. The van der Waals surface area contributed by atoms with E-state index in [2.05, 4.69) is 42.0 Å². The molecule has 8 nitrogen and oxygen atoms in total. The van der Waals surface area contributed by atoms with Gasteiger partial charge >= 0.3 is 0 Å². The number of nitrogens with one attached hydrogen (secondary N) is 1. The Labute approximate surface area is 164 Å². The first-order chi connectivity index (χ1) is 13.7. The van der Waals surface area contributed by atoms with Crippen LogP contribution in [0.2, 0.25) is 0 Å². The van der Waals surface area contributed by atoms with Gasteiger partial charge in [0.1, 0.15) is 6.10 Å². The van der Waals surface area contributed by atoms with Crippen LogP contribution in [-0.4, -0.2) is 63.5 Å². The van der Waals surface area contributed by atoms with Crippen LogP contribution in [0.25, 0.3) is 11.0 Å². The first kappa shape index (κ1) is 18.5. The predicted octanol–water partition coefficient (Wildman–Crippen LogP) is 1.81. The molecule has 0 saturated carbocycles. The van der Waals surface area contributed by atoms with Gasteiger partial charge in [0.2, 0.25) is 0 Å². The fourth-order valence-electron chi connectivity index (χ4n) is 3.62. The fraction of sp³-hybridized carbons (Fsp3) is 0.450. The third-order valence-electron chi connectivity index (χ3n) is 5.06. The second kappa shape index (κ2) is 8.43. The van der Waals surface area contributed by atoms with Gasteiger partial charge in [-0.2, -0.15) is 5.10 Å². The van der Waals surface area contributed by atoms with Crippen molar-refractivity contribution in [3.05, 3.63) is 48.5 Å². The lowest BCUT2D eigenvalue weighted by atomic mass is 10.1. The lowest BCUT2D eigenvalue weighted by molar-refractivity contribution is -0.00802. The van der Waals surface area contributed by atoms with E-state index in [4.69, 9.17) is 4.74 Å². The zero-order valence-corrected chi connectivity index (χ0v) is 16.5. The van der Waals surface area contributed by atoms with Crippen molar-refractivity contribution in [2.24, 2.45) is 12.0 Å². The lowest BCUT2D eigenvalue weighted by Gasteiger charge is -2.34. The summed E-state index contributed by atoms with van der Waals surface area (Å²) in [7, 11) is 3.76. The van der Waals surface area contributed by atoms with Crippen LogP contribution >= 0.6 is 0 Å². The molecule has 28 heavy (non-hydrogen) atoms. The van der Waals surface area contributed by atoms with Gasteiger partial charge in [0.05, 0.1) is 36.7 Å². The maximum absolute atomic E-state index is 5.93. The zero-order chi connectivity index (χ0) is 19.3. The molecule has 0 bridgehead atoms. The molecule has 3 aromatic rings. The highest BCUT2D eigenvalue weighted by atomic mass is 16.5. The monoisotopic (exact) mass is 381 g/mol. The van der Waals surface area contributed by atoms with Gasteiger partial charge in [-0.3, -0.25) is 9.67 Å². The third-order valence-corrected chi connectivity index (χ3v) is 5.06. The fourth-order valence-corrected chi connectivity index (χ4v) is 3.62. The van der Waals surface area contributed by atoms with Gasteiger partial charge in [-0.15, -0.1) is 0 Å². The van der Waals surface area contributed by atoms with Crippen LogP contribution in [0.5, 0.6) is 0 Å². The molecule has 1 atom stereocenters. The van der Waals surface area contributed by atoms with Gasteiger partial charge in [-0.05, 0) is 18.6 Å². The number of ether oxygens (including phenoxy) is 1. The predicted molar refractivity (Wildman–Crippen MR) is 109 cm³/mol. The van der Waals surface area contributed by atoms with Crippen LogP contribution in [-0.2, 0) is 18.3 Å². The second-order valence-electron chi connectivity index (χ2n) is 7.01. The molecule has 1 saturated heterocycles. The second-order valence-corrected chi connectivity index (χ2v) is 7.01. The van der Waals surface area contributed by atoms with Gasteiger partial charge in [0.15, 0.2) is 5.96 Å². The molecule has 8 heteroatoms. The van der Waals surface area contributed by atoms with Crippen LogP contribution in [0.4, 0.5) is 0 Å². The number of hydrogen-bond acceptors (Lipinski definition) is 4. The number of aryl methyl sites for hydroxylation is 2. The van der Waals surface area contributed by atoms with E-state index < -0.39 is 0 Å². The first-order valence-corrected chi connectivity index (χ1v) is 9.70. The molecule has 4 rings (SSSR count). The summed E-state index contributed by atoms with van der Waals surface area (Å²) < 4.78 is 9.94. The maximum atomic E-state index is 5.93. The SMILES string of the molecule is CN=C(NCCCn1cnc2ccccc21)N1CCOC(c2cnn(C)c2)C1. The van der Waals surface area contributed by atoms with E-state index in [0.717, 1.165) is 49.6 Å². The van der Waals surface area contributed by atoms with E-state index in [-0.39, 0.29) is 6.10 Å². The molecular formula is C20H27N7O. The van der Waals surface area contributed by atoms with Crippen molar-refractivity contribution in [2.75, 3.05) is 33.3 Å². The van der Waals surface area contributed by atoms with Crippen molar-refractivity contribution >= 4 is 17.0 Å². The molecule has 1 unspecified atom stereocenters. The standard InChI is InChI=1S/C20H27N7O/c1-21-20(26-10-11-28-19(14-26)16-12-24-25(2)13-16)22-8-5-9-27-15-23-17-6-3-4-7-18(17)27/h3-4,6-7,12-13,15,19H,5,8-11,14H2,1-2H3,(H,21,22). The highest BCUT2D eigenvalue weighted by molar-refractivity contribution is 5.80. The number of hydrogen-bond donors (Lipinski definition) is 1. The Morgan fingerprint density at radius 2 is 2.25 bits per heavy atom. The van der Waals surface area contributed by atoms with Crippen molar-refractivity contribution in [1.29, 1.82) is 0 Å². The third kappa shape index (κ3) is 4.01. The number of fused-ring (bicyclic) bond motifs is 1. The summed E-state index contributed by atoms with van der Waals surface area (Å²) in [5.74, 6) is 0.924. The molecule has 3 heterocycles. The van der Waals surface area contributed by atoms with Gasteiger partial charge in [-0.1, -0.05) is 12.1 Å². The van der Waals surface area contributed by atoms with Gasteiger partial charge in [0, 0.05) is 45.5 Å². The Hall–Kier alpha value is -2.87. The number of guanidine groups is 1. The average molecular weight is 381 g/mol. The van der Waals surface area contributed by atoms with E-state index in [0.29, 0.717) is 6.61 Å². The van der Waals surface area contributed by atoms with Crippen molar-refractivity contribution in [3.8, 4) is 0 Å². The molecule has 2 aromatic heterocycles. The smallest absolute Gasteiger partial charge is 0.193 e. The van der Waals surface area contributed by atoms with Crippen LogP contribution < -0.4 is 5.32 Å². The average Bonchev–Trinajstić information content (AvgIpc) is 3.35. The molecule has 1 aromatic carbocycles. The van der Waals surface area contributed by atoms with Crippen molar-refractivity contribution in [2.45, 2.75) is 19.1 Å². The summed E-state index contributed by atoms with van der Waals surface area (Å²) in [6.45, 7) is 4.07.